The Balaban J connectivity index is 1.62. The van der Waals surface area contributed by atoms with E-state index in [1.165, 1.54) is 12.1 Å². The summed E-state index contributed by atoms with van der Waals surface area (Å²) >= 11 is 6.00. The third-order valence-corrected chi connectivity index (χ3v) is 6.02. The molecule has 0 saturated carbocycles. The quantitative estimate of drug-likeness (QED) is 0.371. The molecule has 3 aromatic rings. The van der Waals surface area contributed by atoms with E-state index in [1.807, 2.05) is 12.1 Å². The maximum atomic E-state index is 12.5. The second-order valence-electron chi connectivity index (χ2n) is 6.27. The first-order chi connectivity index (χ1) is 13.8. The SMILES string of the molecule is N=C(N)c1ccc(CCOc2cccc(NS(=O)(=O)c3ccccc3Cl)c2)cc1. The molecule has 6 nitrogen and oxygen atoms in total. The molecule has 0 radical (unpaired) electrons. The van der Waals surface area contributed by atoms with Crippen LogP contribution in [0.2, 0.25) is 5.02 Å². The highest BCUT2D eigenvalue weighted by atomic mass is 35.5. The molecule has 0 spiro atoms. The topological polar surface area (TPSA) is 105 Å². The molecule has 0 atom stereocenters. The fourth-order valence-electron chi connectivity index (χ4n) is 2.66. The van der Waals surface area contributed by atoms with Gasteiger partial charge in [-0.15, -0.1) is 0 Å². The largest absolute Gasteiger partial charge is 0.493 e. The van der Waals surface area contributed by atoms with Crippen LogP contribution in [0.3, 0.4) is 0 Å². The van der Waals surface area contributed by atoms with Gasteiger partial charge in [-0.2, -0.15) is 0 Å². The molecule has 3 rings (SSSR count). The Hall–Kier alpha value is -3.03. The number of halogens is 1. The maximum Gasteiger partial charge on any atom is 0.263 e. The van der Waals surface area contributed by atoms with Gasteiger partial charge in [0.25, 0.3) is 10.0 Å². The summed E-state index contributed by atoms with van der Waals surface area (Å²) in [5.74, 6) is 0.577. The van der Waals surface area contributed by atoms with Crippen LogP contribution in [0.15, 0.2) is 77.7 Å². The van der Waals surface area contributed by atoms with E-state index < -0.39 is 10.0 Å². The van der Waals surface area contributed by atoms with Crippen molar-refractivity contribution in [3.8, 4) is 5.75 Å². The number of sulfonamides is 1. The fraction of sp³-hybridized carbons (Fsp3) is 0.0952. The van der Waals surface area contributed by atoms with E-state index >= 15 is 0 Å². The maximum absolute atomic E-state index is 12.5. The Bertz CT molecular complexity index is 1120. The summed E-state index contributed by atoms with van der Waals surface area (Å²) in [6, 6.07) is 20.4. The number of rotatable bonds is 8. The first-order valence-electron chi connectivity index (χ1n) is 8.79. The van der Waals surface area contributed by atoms with Crippen LogP contribution in [-0.2, 0) is 16.4 Å². The lowest BCUT2D eigenvalue weighted by Crippen LogP contribution is -2.13. The van der Waals surface area contributed by atoms with Gasteiger partial charge in [0, 0.05) is 18.1 Å². The normalized spacial score (nSPS) is 11.1. The summed E-state index contributed by atoms with van der Waals surface area (Å²) in [5, 5.41) is 7.56. The molecule has 29 heavy (non-hydrogen) atoms. The Morgan fingerprint density at radius 3 is 2.45 bits per heavy atom. The van der Waals surface area contributed by atoms with Crippen LogP contribution in [0.25, 0.3) is 0 Å². The summed E-state index contributed by atoms with van der Waals surface area (Å²) in [5.41, 5.74) is 7.55. The lowest BCUT2D eigenvalue weighted by atomic mass is 10.1. The van der Waals surface area contributed by atoms with E-state index in [9.17, 15) is 8.42 Å². The van der Waals surface area contributed by atoms with Crippen LogP contribution in [0.4, 0.5) is 5.69 Å². The number of nitrogens with two attached hydrogens (primary N) is 1. The van der Waals surface area contributed by atoms with Gasteiger partial charge in [-0.1, -0.05) is 54.1 Å². The smallest absolute Gasteiger partial charge is 0.263 e. The fourth-order valence-corrected chi connectivity index (χ4v) is 4.23. The third kappa shape index (κ3) is 5.49. The monoisotopic (exact) mass is 429 g/mol. The minimum Gasteiger partial charge on any atom is -0.493 e. The van der Waals surface area contributed by atoms with Gasteiger partial charge in [-0.3, -0.25) is 10.1 Å². The summed E-state index contributed by atoms with van der Waals surface area (Å²) in [7, 11) is -3.80. The van der Waals surface area contributed by atoms with Crippen molar-refractivity contribution in [2.24, 2.45) is 5.73 Å². The molecular weight excluding hydrogens is 410 g/mol. The van der Waals surface area contributed by atoms with E-state index in [2.05, 4.69) is 4.72 Å². The molecule has 0 heterocycles. The lowest BCUT2D eigenvalue weighted by molar-refractivity contribution is 0.322. The second kappa shape index (κ2) is 8.98. The minimum atomic E-state index is -3.80. The van der Waals surface area contributed by atoms with Crippen molar-refractivity contribution in [2.75, 3.05) is 11.3 Å². The molecular formula is C21H20ClN3O3S. The molecule has 0 aliphatic carbocycles. The van der Waals surface area contributed by atoms with Crippen molar-refractivity contribution in [1.29, 1.82) is 5.41 Å². The van der Waals surface area contributed by atoms with Gasteiger partial charge >= 0.3 is 0 Å². The molecule has 8 heteroatoms. The van der Waals surface area contributed by atoms with Gasteiger partial charge in [0.15, 0.2) is 0 Å². The van der Waals surface area contributed by atoms with E-state index in [1.54, 1.807) is 48.5 Å². The zero-order chi connectivity index (χ0) is 20.9. The standard InChI is InChI=1S/C21H20ClN3O3S/c22-19-6-1-2-7-20(19)29(26,27)25-17-4-3-5-18(14-17)28-13-12-15-8-10-16(11-9-15)21(23)24/h1-11,14,25H,12-13H2,(H3,23,24). The highest BCUT2D eigenvalue weighted by Crippen LogP contribution is 2.25. The molecule has 0 unspecified atom stereocenters. The van der Waals surface area contributed by atoms with Crippen LogP contribution in [0.1, 0.15) is 11.1 Å². The van der Waals surface area contributed by atoms with Gasteiger partial charge in [-0.25, -0.2) is 8.42 Å². The molecule has 0 bridgehead atoms. The highest BCUT2D eigenvalue weighted by Gasteiger charge is 2.17. The number of hydrogen-bond donors (Lipinski definition) is 3. The predicted octanol–water partition coefficient (Wildman–Crippen LogP) is 4.05. The summed E-state index contributed by atoms with van der Waals surface area (Å²) in [6.45, 7) is 0.417. The van der Waals surface area contributed by atoms with Crippen molar-refractivity contribution < 1.29 is 13.2 Å². The number of benzene rings is 3. The van der Waals surface area contributed by atoms with Crippen molar-refractivity contribution in [3.05, 3.63) is 88.9 Å². The number of nitrogens with one attached hydrogen (secondary N) is 2. The first kappa shape index (κ1) is 20.7. The predicted molar refractivity (Wildman–Crippen MR) is 115 cm³/mol. The summed E-state index contributed by atoms with van der Waals surface area (Å²) < 4.78 is 33.4. The van der Waals surface area contributed by atoms with Crippen LogP contribution in [0, 0.1) is 5.41 Å². The number of amidine groups is 1. The molecule has 4 N–H and O–H groups in total. The Morgan fingerprint density at radius 2 is 1.76 bits per heavy atom. The van der Waals surface area contributed by atoms with Crippen molar-refractivity contribution in [2.45, 2.75) is 11.3 Å². The van der Waals surface area contributed by atoms with Crippen molar-refractivity contribution in [3.63, 3.8) is 0 Å². The van der Waals surface area contributed by atoms with Gasteiger partial charge in [0.1, 0.15) is 16.5 Å². The summed E-state index contributed by atoms with van der Waals surface area (Å²) in [6.07, 6.45) is 0.660. The Labute approximate surface area is 174 Å². The van der Waals surface area contributed by atoms with Crippen molar-refractivity contribution in [1.82, 2.24) is 0 Å². The van der Waals surface area contributed by atoms with E-state index in [-0.39, 0.29) is 15.8 Å². The van der Waals surface area contributed by atoms with E-state index in [0.29, 0.717) is 30.0 Å². The van der Waals surface area contributed by atoms with Crippen LogP contribution in [0.5, 0.6) is 5.75 Å². The third-order valence-electron chi connectivity index (χ3n) is 4.14. The molecule has 0 aliphatic rings. The minimum absolute atomic E-state index is 0.0157. The van der Waals surface area contributed by atoms with Crippen molar-refractivity contribution >= 4 is 33.1 Å². The molecule has 0 fully saturated rings. The number of ether oxygens (including phenoxy) is 1. The highest BCUT2D eigenvalue weighted by molar-refractivity contribution is 7.92. The molecule has 0 amide bonds. The molecule has 0 aliphatic heterocycles. The summed E-state index contributed by atoms with van der Waals surface area (Å²) in [4.78, 5) is 0.0157. The van der Waals surface area contributed by atoms with Crippen LogP contribution in [-0.4, -0.2) is 20.9 Å². The van der Waals surface area contributed by atoms with Crippen LogP contribution >= 0.6 is 11.6 Å². The van der Waals surface area contributed by atoms with Gasteiger partial charge in [0.05, 0.1) is 17.3 Å². The van der Waals surface area contributed by atoms with E-state index in [0.717, 1.165) is 5.56 Å². The molecule has 3 aromatic carbocycles. The number of hydrogen-bond acceptors (Lipinski definition) is 4. The van der Waals surface area contributed by atoms with Gasteiger partial charge in [-0.05, 0) is 29.8 Å². The zero-order valence-electron chi connectivity index (χ0n) is 15.4. The van der Waals surface area contributed by atoms with Gasteiger partial charge in [0.2, 0.25) is 0 Å². The van der Waals surface area contributed by atoms with E-state index in [4.69, 9.17) is 27.5 Å². The molecule has 150 valence electrons. The molecule has 0 saturated heterocycles. The second-order valence-corrected chi connectivity index (χ2v) is 8.33. The Morgan fingerprint density at radius 1 is 1.03 bits per heavy atom. The van der Waals surface area contributed by atoms with Gasteiger partial charge < -0.3 is 10.5 Å². The Kier molecular flexibility index (Phi) is 6.41. The first-order valence-corrected chi connectivity index (χ1v) is 10.6. The average Bonchev–Trinajstić information content (AvgIpc) is 2.68. The molecule has 0 aromatic heterocycles. The number of anilines is 1. The zero-order valence-corrected chi connectivity index (χ0v) is 17.0. The lowest BCUT2D eigenvalue weighted by Gasteiger charge is -2.11. The average molecular weight is 430 g/mol. The van der Waals surface area contributed by atoms with Crippen LogP contribution < -0.4 is 15.2 Å². The number of nitrogen functional groups attached to an aromatic ring is 1.